The van der Waals surface area contributed by atoms with Crippen molar-refractivity contribution in [3.63, 3.8) is 0 Å². The van der Waals surface area contributed by atoms with Gasteiger partial charge in [0.25, 0.3) is 0 Å². The van der Waals surface area contributed by atoms with E-state index in [1.54, 1.807) is 0 Å². The molecule has 0 aromatic carbocycles. The first kappa shape index (κ1) is 13.0. The molecule has 1 fully saturated rings. The fraction of sp³-hybridized carbons (Fsp3) is 1.00. The van der Waals surface area contributed by atoms with Crippen molar-refractivity contribution in [1.82, 2.24) is 5.43 Å². The predicted octanol–water partition coefficient (Wildman–Crippen LogP) is 3.08. The number of rotatable bonds is 5. The summed E-state index contributed by atoms with van der Waals surface area (Å²) in [6.45, 7) is 7.03. The van der Waals surface area contributed by atoms with E-state index in [4.69, 9.17) is 5.84 Å². The van der Waals surface area contributed by atoms with Crippen molar-refractivity contribution in [3.8, 4) is 0 Å². The van der Waals surface area contributed by atoms with Gasteiger partial charge in [0.2, 0.25) is 0 Å². The quantitative estimate of drug-likeness (QED) is 0.543. The summed E-state index contributed by atoms with van der Waals surface area (Å²) in [5.41, 5.74) is 3.04. The van der Waals surface area contributed by atoms with E-state index >= 15 is 0 Å². The molecule has 0 aromatic heterocycles. The topological polar surface area (TPSA) is 38.0 Å². The molecule has 0 radical (unpaired) electrons. The molecule has 3 N–H and O–H groups in total. The molecule has 0 aliphatic heterocycles. The van der Waals surface area contributed by atoms with E-state index in [0.29, 0.717) is 6.04 Å². The average molecular weight is 212 g/mol. The minimum atomic E-state index is 0.555. The van der Waals surface area contributed by atoms with Crippen molar-refractivity contribution in [2.24, 2.45) is 23.6 Å². The molecule has 90 valence electrons. The zero-order valence-electron chi connectivity index (χ0n) is 10.6. The van der Waals surface area contributed by atoms with Crippen LogP contribution in [0.4, 0.5) is 0 Å². The van der Waals surface area contributed by atoms with Gasteiger partial charge in [-0.15, -0.1) is 0 Å². The molecule has 1 saturated carbocycles. The second-order valence-electron chi connectivity index (χ2n) is 5.44. The maximum absolute atomic E-state index is 5.67. The molecule has 0 amide bonds. The van der Waals surface area contributed by atoms with Crippen LogP contribution in [0.25, 0.3) is 0 Å². The SMILES string of the molecule is CCCCC(NN)C1CCC(C)C(C)C1. The third kappa shape index (κ3) is 3.76. The zero-order chi connectivity index (χ0) is 11.3. The maximum atomic E-state index is 5.67. The Labute approximate surface area is 95.0 Å². The highest BCUT2D eigenvalue weighted by molar-refractivity contribution is 4.82. The summed E-state index contributed by atoms with van der Waals surface area (Å²) >= 11 is 0. The van der Waals surface area contributed by atoms with Crippen LogP contribution in [0.15, 0.2) is 0 Å². The Kier molecular flexibility index (Phi) is 5.62. The molecular weight excluding hydrogens is 184 g/mol. The standard InChI is InChI=1S/C13H28N2/c1-4-5-6-13(15-14)12-8-7-10(2)11(3)9-12/h10-13,15H,4-9,14H2,1-3H3. The summed E-state index contributed by atoms with van der Waals surface area (Å²) in [5.74, 6) is 8.27. The minimum absolute atomic E-state index is 0.555. The van der Waals surface area contributed by atoms with Gasteiger partial charge in [-0.3, -0.25) is 11.3 Å². The molecule has 1 rings (SSSR count). The molecule has 0 aromatic rings. The van der Waals surface area contributed by atoms with Crippen molar-refractivity contribution < 1.29 is 0 Å². The summed E-state index contributed by atoms with van der Waals surface area (Å²) in [6.07, 6.45) is 7.94. The van der Waals surface area contributed by atoms with E-state index in [9.17, 15) is 0 Å². The Balaban J connectivity index is 2.39. The van der Waals surface area contributed by atoms with Crippen LogP contribution >= 0.6 is 0 Å². The third-order valence-corrected chi connectivity index (χ3v) is 4.29. The number of nitrogens with two attached hydrogens (primary N) is 1. The van der Waals surface area contributed by atoms with Gasteiger partial charge in [-0.25, -0.2) is 0 Å². The Morgan fingerprint density at radius 1 is 1.27 bits per heavy atom. The van der Waals surface area contributed by atoms with E-state index in [2.05, 4.69) is 26.2 Å². The Bertz CT molecular complexity index is 170. The lowest BCUT2D eigenvalue weighted by Gasteiger charge is -2.36. The predicted molar refractivity (Wildman–Crippen MR) is 66.3 cm³/mol. The number of hydrogen-bond donors (Lipinski definition) is 2. The van der Waals surface area contributed by atoms with Gasteiger partial charge in [-0.2, -0.15) is 0 Å². The van der Waals surface area contributed by atoms with Crippen LogP contribution in [0, 0.1) is 17.8 Å². The highest BCUT2D eigenvalue weighted by Gasteiger charge is 2.29. The van der Waals surface area contributed by atoms with Crippen molar-refractivity contribution >= 4 is 0 Å². The van der Waals surface area contributed by atoms with E-state index in [-0.39, 0.29) is 0 Å². The summed E-state index contributed by atoms with van der Waals surface area (Å²) in [4.78, 5) is 0. The fourth-order valence-electron chi connectivity index (χ4n) is 2.83. The van der Waals surface area contributed by atoms with Crippen LogP contribution in [-0.4, -0.2) is 6.04 Å². The second kappa shape index (κ2) is 6.49. The highest BCUT2D eigenvalue weighted by Crippen LogP contribution is 2.35. The monoisotopic (exact) mass is 212 g/mol. The molecule has 2 nitrogen and oxygen atoms in total. The third-order valence-electron chi connectivity index (χ3n) is 4.29. The van der Waals surface area contributed by atoms with Crippen LogP contribution in [0.2, 0.25) is 0 Å². The lowest BCUT2D eigenvalue weighted by Crippen LogP contribution is -2.43. The number of hydrogen-bond acceptors (Lipinski definition) is 2. The van der Waals surface area contributed by atoms with Crippen LogP contribution in [0.3, 0.4) is 0 Å². The minimum Gasteiger partial charge on any atom is -0.271 e. The summed E-state index contributed by atoms with van der Waals surface area (Å²) in [7, 11) is 0. The molecule has 4 unspecified atom stereocenters. The Hall–Kier alpha value is -0.0800. The largest absolute Gasteiger partial charge is 0.271 e. The van der Waals surface area contributed by atoms with Crippen LogP contribution in [0.1, 0.15) is 59.3 Å². The number of unbranched alkanes of at least 4 members (excludes halogenated alkanes) is 1. The highest BCUT2D eigenvalue weighted by atomic mass is 15.2. The molecule has 4 atom stereocenters. The van der Waals surface area contributed by atoms with Crippen LogP contribution in [-0.2, 0) is 0 Å². The smallest absolute Gasteiger partial charge is 0.0238 e. The Morgan fingerprint density at radius 2 is 2.00 bits per heavy atom. The van der Waals surface area contributed by atoms with Crippen molar-refractivity contribution in [2.45, 2.75) is 65.3 Å². The number of nitrogens with one attached hydrogen (secondary N) is 1. The number of hydrazine groups is 1. The molecule has 1 aliphatic carbocycles. The van der Waals surface area contributed by atoms with Gasteiger partial charge >= 0.3 is 0 Å². The van der Waals surface area contributed by atoms with Crippen molar-refractivity contribution in [2.75, 3.05) is 0 Å². The van der Waals surface area contributed by atoms with Gasteiger partial charge in [0.05, 0.1) is 0 Å². The lowest BCUT2D eigenvalue weighted by molar-refractivity contribution is 0.165. The normalized spacial score (nSPS) is 34.0. The van der Waals surface area contributed by atoms with Gasteiger partial charge < -0.3 is 0 Å². The molecule has 0 saturated heterocycles. The molecule has 0 spiro atoms. The average Bonchev–Trinajstić information content (AvgIpc) is 2.24. The van der Waals surface area contributed by atoms with Crippen molar-refractivity contribution in [3.05, 3.63) is 0 Å². The molecule has 0 heterocycles. The van der Waals surface area contributed by atoms with E-state index in [1.165, 1.54) is 38.5 Å². The lowest BCUT2D eigenvalue weighted by atomic mass is 9.72. The van der Waals surface area contributed by atoms with Crippen LogP contribution < -0.4 is 11.3 Å². The maximum Gasteiger partial charge on any atom is 0.0238 e. The van der Waals surface area contributed by atoms with Gasteiger partial charge in [0.15, 0.2) is 0 Å². The van der Waals surface area contributed by atoms with Gasteiger partial charge in [0, 0.05) is 6.04 Å². The first-order chi connectivity index (χ1) is 7.19. The first-order valence-corrected chi connectivity index (χ1v) is 6.65. The van der Waals surface area contributed by atoms with Gasteiger partial charge in [0.1, 0.15) is 0 Å². The second-order valence-corrected chi connectivity index (χ2v) is 5.44. The zero-order valence-corrected chi connectivity index (χ0v) is 10.6. The molecule has 1 aliphatic rings. The molecular formula is C13H28N2. The summed E-state index contributed by atoms with van der Waals surface area (Å²) < 4.78 is 0. The molecule has 15 heavy (non-hydrogen) atoms. The Morgan fingerprint density at radius 3 is 2.53 bits per heavy atom. The molecule has 2 heteroatoms. The van der Waals surface area contributed by atoms with Gasteiger partial charge in [-0.1, -0.05) is 40.0 Å². The fourth-order valence-corrected chi connectivity index (χ4v) is 2.83. The van der Waals surface area contributed by atoms with Crippen molar-refractivity contribution in [1.29, 1.82) is 0 Å². The summed E-state index contributed by atoms with van der Waals surface area (Å²) in [5, 5.41) is 0. The summed E-state index contributed by atoms with van der Waals surface area (Å²) in [6, 6.07) is 0.555. The first-order valence-electron chi connectivity index (χ1n) is 6.65. The van der Waals surface area contributed by atoms with E-state index in [0.717, 1.165) is 17.8 Å². The van der Waals surface area contributed by atoms with E-state index in [1.807, 2.05) is 0 Å². The van der Waals surface area contributed by atoms with Crippen LogP contribution in [0.5, 0.6) is 0 Å². The van der Waals surface area contributed by atoms with Gasteiger partial charge in [-0.05, 0) is 37.0 Å². The van der Waals surface area contributed by atoms with E-state index < -0.39 is 0 Å². The molecule has 0 bridgehead atoms.